The van der Waals surface area contributed by atoms with E-state index in [0.717, 1.165) is 22.2 Å². The van der Waals surface area contributed by atoms with E-state index >= 15 is 0 Å². The van der Waals surface area contributed by atoms with Crippen molar-refractivity contribution in [2.75, 3.05) is 5.32 Å². The van der Waals surface area contributed by atoms with Crippen LogP contribution < -0.4 is 10.9 Å². The first-order valence-electron chi connectivity index (χ1n) is 7.81. The number of aryl methyl sites for hydroxylation is 2. The smallest absolute Gasteiger partial charge is 0.275 e. The standard InChI is InChI=1S/C19H19N3O2/c1-12-8-13(2)10-16(9-12)21-18(23)14(3)22-19(24)17-7-5-4-6-15(17)11-20-22/h4-11,14H,1-3H3,(H,21,23)/t14-/m1/s1. The topological polar surface area (TPSA) is 64.0 Å². The minimum Gasteiger partial charge on any atom is -0.324 e. The molecule has 0 bridgehead atoms. The summed E-state index contributed by atoms with van der Waals surface area (Å²) >= 11 is 0. The van der Waals surface area contributed by atoms with E-state index in [1.54, 1.807) is 25.3 Å². The van der Waals surface area contributed by atoms with E-state index in [1.807, 2.05) is 44.2 Å². The van der Waals surface area contributed by atoms with Gasteiger partial charge in [-0.05, 0) is 50.1 Å². The normalized spacial score (nSPS) is 12.1. The van der Waals surface area contributed by atoms with Gasteiger partial charge >= 0.3 is 0 Å². The third-order valence-corrected chi connectivity index (χ3v) is 3.96. The van der Waals surface area contributed by atoms with Crippen molar-refractivity contribution in [1.29, 1.82) is 0 Å². The van der Waals surface area contributed by atoms with Gasteiger partial charge in [0.25, 0.3) is 5.56 Å². The van der Waals surface area contributed by atoms with Gasteiger partial charge in [-0.3, -0.25) is 9.59 Å². The molecule has 3 aromatic rings. The fraction of sp³-hybridized carbons (Fsp3) is 0.211. The van der Waals surface area contributed by atoms with Crippen LogP contribution in [0.15, 0.2) is 53.5 Å². The van der Waals surface area contributed by atoms with Gasteiger partial charge in [0.2, 0.25) is 5.91 Å². The van der Waals surface area contributed by atoms with Crippen LogP contribution in [0.2, 0.25) is 0 Å². The number of hydrogen-bond donors (Lipinski definition) is 1. The minimum absolute atomic E-state index is 0.267. The van der Waals surface area contributed by atoms with Crippen LogP contribution in [-0.2, 0) is 4.79 Å². The van der Waals surface area contributed by atoms with Crippen molar-refractivity contribution in [3.63, 3.8) is 0 Å². The van der Waals surface area contributed by atoms with Crippen molar-refractivity contribution >= 4 is 22.4 Å². The Morgan fingerprint density at radius 1 is 1.12 bits per heavy atom. The molecule has 0 radical (unpaired) electrons. The predicted octanol–water partition coefficient (Wildman–Crippen LogP) is 3.21. The quantitative estimate of drug-likeness (QED) is 0.805. The van der Waals surface area contributed by atoms with Crippen molar-refractivity contribution in [3.8, 4) is 0 Å². The molecule has 2 aromatic carbocycles. The fourth-order valence-electron chi connectivity index (χ4n) is 2.79. The average Bonchev–Trinajstić information content (AvgIpc) is 2.54. The Bertz CT molecular complexity index is 956. The SMILES string of the molecule is Cc1cc(C)cc(NC(=O)[C@@H](C)n2ncc3ccccc3c2=O)c1. The molecule has 3 rings (SSSR count). The molecule has 1 heterocycles. The number of anilines is 1. The average molecular weight is 321 g/mol. The van der Waals surface area contributed by atoms with Gasteiger partial charge < -0.3 is 5.32 Å². The van der Waals surface area contributed by atoms with E-state index in [0.29, 0.717) is 5.39 Å². The summed E-state index contributed by atoms with van der Waals surface area (Å²) in [6.07, 6.45) is 1.61. The van der Waals surface area contributed by atoms with E-state index in [9.17, 15) is 9.59 Å². The zero-order valence-corrected chi connectivity index (χ0v) is 13.9. The Balaban J connectivity index is 1.91. The molecule has 1 aromatic heterocycles. The highest BCUT2D eigenvalue weighted by molar-refractivity contribution is 5.93. The van der Waals surface area contributed by atoms with E-state index < -0.39 is 6.04 Å². The lowest BCUT2D eigenvalue weighted by atomic mass is 10.1. The van der Waals surface area contributed by atoms with Crippen molar-refractivity contribution in [2.45, 2.75) is 26.8 Å². The largest absolute Gasteiger partial charge is 0.324 e. The van der Waals surface area contributed by atoms with Gasteiger partial charge in [0.1, 0.15) is 6.04 Å². The van der Waals surface area contributed by atoms with Crippen LogP contribution >= 0.6 is 0 Å². The molecule has 1 amide bonds. The third kappa shape index (κ3) is 3.06. The molecule has 0 saturated carbocycles. The Morgan fingerprint density at radius 3 is 2.50 bits per heavy atom. The lowest BCUT2D eigenvalue weighted by molar-refractivity contribution is -0.119. The van der Waals surface area contributed by atoms with Crippen LogP contribution in [0, 0.1) is 13.8 Å². The molecule has 122 valence electrons. The second-order valence-corrected chi connectivity index (χ2v) is 6.02. The van der Waals surface area contributed by atoms with Crippen LogP contribution in [0.1, 0.15) is 24.1 Å². The second kappa shape index (κ2) is 6.28. The lowest BCUT2D eigenvalue weighted by Gasteiger charge is -2.15. The van der Waals surface area contributed by atoms with Crippen molar-refractivity contribution in [1.82, 2.24) is 9.78 Å². The van der Waals surface area contributed by atoms with Gasteiger partial charge in [-0.15, -0.1) is 0 Å². The van der Waals surface area contributed by atoms with Crippen molar-refractivity contribution in [2.24, 2.45) is 0 Å². The molecule has 5 heteroatoms. The van der Waals surface area contributed by atoms with Crippen molar-refractivity contribution < 1.29 is 4.79 Å². The highest BCUT2D eigenvalue weighted by Gasteiger charge is 2.18. The van der Waals surface area contributed by atoms with Crippen LogP contribution in [-0.4, -0.2) is 15.7 Å². The Hall–Kier alpha value is -2.95. The predicted molar refractivity (Wildman–Crippen MR) is 95.3 cm³/mol. The number of aromatic nitrogens is 2. The van der Waals surface area contributed by atoms with Gasteiger partial charge in [0, 0.05) is 11.1 Å². The number of hydrogen-bond acceptors (Lipinski definition) is 3. The Kier molecular flexibility index (Phi) is 4.16. The van der Waals surface area contributed by atoms with Gasteiger partial charge in [-0.2, -0.15) is 5.10 Å². The van der Waals surface area contributed by atoms with Gasteiger partial charge in [-0.25, -0.2) is 4.68 Å². The molecule has 0 aliphatic rings. The zero-order valence-electron chi connectivity index (χ0n) is 13.9. The Labute approximate surface area is 139 Å². The van der Waals surface area contributed by atoms with Crippen LogP contribution in [0.5, 0.6) is 0 Å². The summed E-state index contributed by atoms with van der Waals surface area (Å²) in [6, 6.07) is 12.3. The highest BCUT2D eigenvalue weighted by atomic mass is 16.2. The summed E-state index contributed by atoms with van der Waals surface area (Å²) in [6.45, 7) is 5.62. The molecule has 0 aliphatic heterocycles. The summed E-state index contributed by atoms with van der Waals surface area (Å²) < 4.78 is 1.22. The van der Waals surface area contributed by atoms with E-state index in [2.05, 4.69) is 10.4 Å². The molecule has 0 aliphatic carbocycles. The molecule has 0 unspecified atom stereocenters. The summed E-state index contributed by atoms with van der Waals surface area (Å²) in [5, 5.41) is 8.32. The number of amides is 1. The maximum Gasteiger partial charge on any atom is 0.275 e. The number of fused-ring (bicyclic) bond motifs is 1. The number of benzene rings is 2. The molecule has 0 spiro atoms. The second-order valence-electron chi connectivity index (χ2n) is 6.02. The van der Waals surface area contributed by atoms with Gasteiger partial charge in [0.05, 0.1) is 11.6 Å². The highest BCUT2D eigenvalue weighted by Crippen LogP contribution is 2.16. The third-order valence-electron chi connectivity index (χ3n) is 3.96. The van der Waals surface area contributed by atoms with Crippen molar-refractivity contribution in [3.05, 3.63) is 70.1 Å². The number of nitrogens with zero attached hydrogens (tertiary/aromatic N) is 2. The van der Waals surface area contributed by atoms with E-state index in [1.165, 1.54) is 4.68 Å². The maximum absolute atomic E-state index is 12.6. The molecule has 5 nitrogen and oxygen atoms in total. The summed E-state index contributed by atoms with van der Waals surface area (Å²) in [7, 11) is 0. The molecule has 1 N–H and O–H groups in total. The van der Waals surface area contributed by atoms with E-state index in [-0.39, 0.29) is 11.5 Å². The number of carbonyl (C=O) groups is 1. The summed E-state index contributed by atoms with van der Waals surface area (Å²) in [5.74, 6) is -0.273. The number of nitrogens with one attached hydrogen (secondary N) is 1. The fourth-order valence-corrected chi connectivity index (χ4v) is 2.79. The maximum atomic E-state index is 12.6. The molecular formula is C19H19N3O2. The van der Waals surface area contributed by atoms with Gasteiger partial charge in [0.15, 0.2) is 0 Å². The molecular weight excluding hydrogens is 302 g/mol. The van der Waals surface area contributed by atoms with Gasteiger partial charge in [-0.1, -0.05) is 24.3 Å². The molecule has 0 fully saturated rings. The molecule has 0 saturated heterocycles. The monoisotopic (exact) mass is 321 g/mol. The van der Waals surface area contributed by atoms with E-state index in [4.69, 9.17) is 0 Å². The van der Waals surface area contributed by atoms with Crippen LogP contribution in [0.4, 0.5) is 5.69 Å². The summed E-state index contributed by atoms with van der Waals surface area (Å²) in [4.78, 5) is 25.1. The van der Waals surface area contributed by atoms with Crippen LogP contribution in [0.3, 0.4) is 0 Å². The minimum atomic E-state index is -0.706. The lowest BCUT2D eigenvalue weighted by Crippen LogP contribution is -2.33. The number of carbonyl (C=O) groups excluding carboxylic acids is 1. The zero-order chi connectivity index (χ0) is 17.3. The first-order chi connectivity index (χ1) is 11.5. The number of rotatable bonds is 3. The van der Waals surface area contributed by atoms with Crippen LogP contribution in [0.25, 0.3) is 10.8 Å². The summed E-state index contributed by atoms with van der Waals surface area (Å²) in [5.41, 5.74) is 2.59. The molecule has 24 heavy (non-hydrogen) atoms. The Morgan fingerprint density at radius 2 is 1.79 bits per heavy atom. The molecule has 1 atom stereocenters. The first kappa shape index (κ1) is 15.9. The first-order valence-corrected chi connectivity index (χ1v) is 7.81.